The molecule has 1 saturated heterocycles. The van der Waals surface area contributed by atoms with Gasteiger partial charge in [0.25, 0.3) is 0 Å². The molecule has 0 bridgehead atoms. The van der Waals surface area contributed by atoms with Crippen molar-refractivity contribution in [3.63, 3.8) is 0 Å². The predicted molar refractivity (Wildman–Crippen MR) is 45.5 cm³/mol. The monoisotopic (exact) mass is 172 g/mol. The van der Waals surface area contributed by atoms with Gasteiger partial charge in [0.1, 0.15) is 0 Å². The zero-order valence-electron chi connectivity index (χ0n) is 7.20. The third-order valence-corrected chi connectivity index (χ3v) is 2.31. The molecule has 0 aromatic heterocycles. The van der Waals surface area contributed by atoms with Gasteiger partial charge in [0.05, 0.1) is 6.04 Å². The van der Waals surface area contributed by atoms with Crippen LogP contribution < -0.4 is 5.73 Å². The molecule has 4 nitrogen and oxygen atoms in total. The molecule has 0 radical (unpaired) electrons. The lowest BCUT2D eigenvalue weighted by atomic mass is 10.2. The van der Waals surface area contributed by atoms with Crippen molar-refractivity contribution < 1.29 is 9.90 Å². The summed E-state index contributed by atoms with van der Waals surface area (Å²) in [4.78, 5) is 13.0. The van der Waals surface area contributed by atoms with E-state index in [4.69, 9.17) is 10.8 Å². The highest BCUT2D eigenvalue weighted by Crippen LogP contribution is 2.13. The fourth-order valence-electron chi connectivity index (χ4n) is 1.68. The minimum absolute atomic E-state index is 0.0319. The van der Waals surface area contributed by atoms with Crippen LogP contribution in [0.15, 0.2) is 0 Å². The number of aliphatic hydroxyl groups excluding tert-OH is 1. The standard InChI is InChI=1S/C8H16N2O2/c9-8(12)7(3-6-11)10-4-1-2-5-10/h7,11H,1-6H2,(H2,9,12)/t7-/m1/s1. The second-order valence-electron chi connectivity index (χ2n) is 3.17. The Morgan fingerprint density at radius 1 is 1.50 bits per heavy atom. The van der Waals surface area contributed by atoms with Crippen LogP contribution in [0.4, 0.5) is 0 Å². The van der Waals surface area contributed by atoms with Crippen molar-refractivity contribution in [3.05, 3.63) is 0 Å². The molecule has 0 aliphatic carbocycles. The Labute approximate surface area is 72.3 Å². The second-order valence-corrected chi connectivity index (χ2v) is 3.17. The van der Waals surface area contributed by atoms with Gasteiger partial charge in [-0.1, -0.05) is 0 Å². The fourth-order valence-corrected chi connectivity index (χ4v) is 1.68. The number of hydrogen-bond acceptors (Lipinski definition) is 3. The Morgan fingerprint density at radius 3 is 2.50 bits per heavy atom. The number of nitrogens with two attached hydrogens (primary N) is 1. The fraction of sp³-hybridized carbons (Fsp3) is 0.875. The van der Waals surface area contributed by atoms with Gasteiger partial charge in [0.15, 0.2) is 0 Å². The quantitative estimate of drug-likeness (QED) is 0.590. The summed E-state index contributed by atoms with van der Waals surface area (Å²) < 4.78 is 0. The lowest BCUT2D eigenvalue weighted by Gasteiger charge is -2.23. The minimum Gasteiger partial charge on any atom is -0.396 e. The zero-order chi connectivity index (χ0) is 8.97. The van der Waals surface area contributed by atoms with E-state index in [9.17, 15) is 4.79 Å². The summed E-state index contributed by atoms with van der Waals surface area (Å²) in [6.07, 6.45) is 2.74. The van der Waals surface area contributed by atoms with E-state index in [1.54, 1.807) is 0 Å². The first-order valence-electron chi connectivity index (χ1n) is 4.40. The Bertz CT molecular complexity index is 155. The van der Waals surface area contributed by atoms with Crippen LogP contribution in [0, 0.1) is 0 Å². The molecule has 1 heterocycles. The van der Waals surface area contributed by atoms with Gasteiger partial charge < -0.3 is 10.8 Å². The summed E-state index contributed by atoms with van der Waals surface area (Å²) in [7, 11) is 0. The maximum atomic E-state index is 10.9. The van der Waals surface area contributed by atoms with Crippen molar-refractivity contribution in [3.8, 4) is 0 Å². The molecule has 1 aliphatic heterocycles. The number of carbonyl (C=O) groups excluding carboxylic acids is 1. The number of likely N-dealkylation sites (tertiary alicyclic amines) is 1. The number of nitrogens with zero attached hydrogens (tertiary/aromatic N) is 1. The molecule has 1 amide bonds. The van der Waals surface area contributed by atoms with Crippen LogP contribution in [-0.4, -0.2) is 41.7 Å². The molecule has 12 heavy (non-hydrogen) atoms. The van der Waals surface area contributed by atoms with Crippen molar-refractivity contribution in [1.82, 2.24) is 4.90 Å². The van der Waals surface area contributed by atoms with Crippen molar-refractivity contribution in [1.29, 1.82) is 0 Å². The first-order chi connectivity index (χ1) is 5.75. The second kappa shape index (κ2) is 4.42. The first-order valence-corrected chi connectivity index (χ1v) is 4.40. The average molecular weight is 172 g/mol. The Kier molecular flexibility index (Phi) is 3.49. The number of aliphatic hydroxyl groups is 1. The summed E-state index contributed by atoms with van der Waals surface area (Å²) in [5, 5.41) is 8.71. The zero-order valence-corrected chi connectivity index (χ0v) is 7.20. The molecule has 1 aliphatic rings. The third-order valence-electron chi connectivity index (χ3n) is 2.31. The van der Waals surface area contributed by atoms with Gasteiger partial charge >= 0.3 is 0 Å². The molecule has 0 saturated carbocycles. The van der Waals surface area contributed by atoms with E-state index in [0.717, 1.165) is 25.9 Å². The van der Waals surface area contributed by atoms with Crippen molar-refractivity contribution in [2.24, 2.45) is 5.73 Å². The van der Waals surface area contributed by atoms with E-state index in [0.29, 0.717) is 6.42 Å². The minimum atomic E-state index is -0.314. The van der Waals surface area contributed by atoms with E-state index >= 15 is 0 Å². The molecule has 1 atom stereocenters. The number of hydrogen-bond donors (Lipinski definition) is 2. The van der Waals surface area contributed by atoms with E-state index in [-0.39, 0.29) is 18.6 Å². The molecule has 1 rings (SSSR count). The van der Waals surface area contributed by atoms with Crippen LogP contribution in [-0.2, 0) is 4.79 Å². The lowest BCUT2D eigenvalue weighted by molar-refractivity contribution is -0.123. The number of amides is 1. The van der Waals surface area contributed by atoms with Gasteiger partial charge in [-0.25, -0.2) is 0 Å². The van der Waals surface area contributed by atoms with Gasteiger partial charge in [-0.15, -0.1) is 0 Å². The van der Waals surface area contributed by atoms with Crippen LogP contribution in [0.2, 0.25) is 0 Å². The van der Waals surface area contributed by atoms with E-state index < -0.39 is 0 Å². The van der Waals surface area contributed by atoms with E-state index in [1.807, 2.05) is 0 Å². The van der Waals surface area contributed by atoms with Crippen molar-refractivity contribution in [2.45, 2.75) is 25.3 Å². The molecule has 0 spiro atoms. The predicted octanol–water partition coefficient (Wildman–Crippen LogP) is -0.682. The number of rotatable bonds is 4. The van der Waals surface area contributed by atoms with Gasteiger partial charge in [-0.3, -0.25) is 9.69 Å². The Morgan fingerprint density at radius 2 is 2.08 bits per heavy atom. The molecule has 4 heteroatoms. The summed E-state index contributed by atoms with van der Waals surface area (Å²) in [5.74, 6) is -0.314. The molecule has 0 aromatic rings. The van der Waals surface area contributed by atoms with E-state index in [2.05, 4.69) is 4.90 Å². The Balaban J connectivity index is 2.45. The molecular weight excluding hydrogens is 156 g/mol. The van der Waals surface area contributed by atoms with Gasteiger partial charge in [0.2, 0.25) is 5.91 Å². The summed E-state index contributed by atoms with van der Waals surface area (Å²) in [6.45, 7) is 1.91. The van der Waals surface area contributed by atoms with Crippen molar-refractivity contribution in [2.75, 3.05) is 19.7 Å². The first kappa shape index (κ1) is 9.48. The van der Waals surface area contributed by atoms with Crippen LogP contribution in [0.1, 0.15) is 19.3 Å². The highest BCUT2D eigenvalue weighted by Gasteiger charge is 2.25. The maximum Gasteiger partial charge on any atom is 0.234 e. The highest BCUT2D eigenvalue weighted by molar-refractivity contribution is 5.79. The molecule has 0 unspecified atom stereocenters. The third kappa shape index (κ3) is 2.19. The normalized spacial score (nSPS) is 21.1. The van der Waals surface area contributed by atoms with Crippen molar-refractivity contribution >= 4 is 5.91 Å². The van der Waals surface area contributed by atoms with Crippen LogP contribution in [0.25, 0.3) is 0 Å². The number of primary amides is 1. The summed E-state index contributed by atoms with van der Waals surface area (Å²) in [5.41, 5.74) is 5.21. The lowest BCUT2D eigenvalue weighted by Crippen LogP contribution is -2.43. The smallest absolute Gasteiger partial charge is 0.234 e. The summed E-state index contributed by atoms with van der Waals surface area (Å²) >= 11 is 0. The molecule has 3 N–H and O–H groups in total. The van der Waals surface area contributed by atoms with E-state index in [1.165, 1.54) is 0 Å². The maximum absolute atomic E-state index is 10.9. The highest BCUT2D eigenvalue weighted by atomic mass is 16.3. The summed E-state index contributed by atoms with van der Waals surface area (Å²) in [6, 6.07) is -0.252. The largest absolute Gasteiger partial charge is 0.396 e. The van der Waals surface area contributed by atoms with Gasteiger partial charge in [-0.05, 0) is 32.4 Å². The molecule has 70 valence electrons. The van der Waals surface area contributed by atoms with Gasteiger partial charge in [-0.2, -0.15) is 0 Å². The molecule has 0 aromatic carbocycles. The number of carbonyl (C=O) groups is 1. The van der Waals surface area contributed by atoms with Crippen LogP contribution in [0.3, 0.4) is 0 Å². The average Bonchev–Trinajstić information content (AvgIpc) is 2.51. The van der Waals surface area contributed by atoms with Gasteiger partial charge in [0, 0.05) is 6.61 Å². The molecular formula is C8H16N2O2. The Hall–Kier alpha value is -0.610. The van der Waals surface area contributed by atoms with Crippen LogP contribution in [0.5, 0.6) is 0 Å². The molecule has 1 fully saturated rings. The van der Waals surface area contributed by atoms with Crippen LogP contribution >= 0.6 is 0 Å². The topological polar surface area (TPSA) is 66.6 Å². The SMILES string of the molecule is NC(=O)[C@@H](CCO)N1CCCC1.